The second kappa shape index (κ2) is 6.72. The Kier molecular flexibility index (Phi) is 4.98. The smallest absolute Gasteiger partial charge is 0.227 e. The second-order valence-electron chi connectivity index (χ2n) is 5.26. The molecule has 0 radical (unpaired) electrons. The van der Waals surface area contributed by atoms with Crippen molar-refractivity contribution < 1.29 is 9.53 Å². The molecule has 110 valence electrons. The molecule has 0 bridgehead atoms. The summed E-state index contributed by atoms with van der Waals surface area (Å²) in [5, 5.41) is 0. The summed E-state index contributed by atoms with van der Waals surface area (Å²) in [4.78, 5) is 16.6. The first-order valence-electron chi connectivity index (χ1n) is 6.95. The molecule has 0 spiro atoms. The molecule has 1 unspecified atom stereocenters. The van der Waals surface area contributed by atoms with E-state index in [0.717, 1.165) is 30.9 Å². The SMILES string of the molecule is COc1ccc(CC(=O)N2CCN(C)CC2CN)cc1. The van der Waals surface area contributed by atoms with Gasteiger partial charge in [0.05, 0.1) is 19.6 Å². The molecule has 1 amide bonds. The average Bonchev–Trinajstić information content (AvgIpc) is 2.47. The first kappa shape index (κ1) is 14.8. The Balaban J connectivity index is 1.99. The van der Waals surface area contributed by atoms with Crippen LogP contribution in [0.5, 0.6) is 5.75 Å². The highest BCUT2D eigenvalue weighted by Gasteiger charge is 2.27. The maximum atomic E-state index is 12.4. The van der Waals surface area contributed by atoms with E-state index in [9.17, 15) is 4.79 Å². The maximum Gasteiger partial charge on any atom is 0.227 e. The number of piperazine rings is 1. The number of benzene rings is 1. The van der Waals surface area contributed by atoms with Gasteiger partial charge in [-0.15, -0.1) is 0 Å². The third kappa shape index (κ3) is 3.49. The van der Waals surface area contributed by atoms with Gasteiger partial charge in [-0.3, -0.25) is 4.79 Å². The standard InChI is InChI=1S/C15H23N3O2/c1-17-7-8-18(13(10-16)11-17)15(19)9-12-3-5-14(20-2)6-4-12/h3-6,13H,7-11,16H2,1-2H3. The summed E-state index contributed by atoms with van der Waals surface area (Å²) in [6.07, 6.45) is 0.421. The van der Waals surface area contributed by atoms with Crippen LogP contribution in [0.15, 0.2) is 24.3 Å². The number of carbonyl (C=O) groups excluding carboxylic acids is 1. The van der Waals surface area contributed by atoms with Crippen LogP contribution < -0.4 is 10.5 Å². The highest BCUT2D eigenvalue weighted by atomic mass is 16.5. The van der Waals surface area contributed by atoms with Crippen LogP contribution in [0.3, 0.4) is 0 Å². The van der Waals surface area contributed by atoms with E-state index in [-0.39, 0.29) is 11.9 Å². The maximum absolute atomic E-state index is 12.4. The number of hydrogen-bond donors (Lipinski definition) is 1. The fourth-order valence-electron chi connectivity index (χ4n) is 2.56. The molecule has 1 fully saturated rings. The Bertz CT molecular complexity index is 447. The highest BCUT2D eigenvalue weighted by molar-refractivity contribution is 5.79. The predicted octanol–water partition coefficient (Wildman–Crippen LogP) is 0.339. The predicted molar refractivity (Wildman–Crippen MR) is 78.8 cm³/mol. The van der Waals surface area contributed by atoms with Crippen LogP contribution >= 0.6 is 0 Å². The van der Waals surface area contributed by atoms with E-state index in [1.165, 1.54) is 0 Å². The van der Waals surface area contributed by atoms with Crippen molar-refractivity contribution in [2.24, 2.45) is 5.73 Å². The Morgan fingerprint density at radius 1 is 1.35 bits per heavy atom. The van der Waals surface area contributed by atoms with Gasteiger partial charge in [0.15, 0.2) is 0 Å². The van der Waals surface area contributed by atoms with Crippen LogP contribution in [0, 0.1) is 0 Å². The average molecular weight is 277 g/mol. The minimum atomic E-state index is 0.125. The lowest BCUT2D eigenvalue weighted by atomic mass is 10.1. The lowest BCUT2D eigenvalue weighted by Gasteiger charge is -2.39. The summed E-state index contributed by atoms with van der Waals surface area (Å²) < 4.78 is 5.12. The number of ether oxygens (including phenoxy) is 1. The molecule has 20 heavy (non-hydrogen) atoms. The number of likely N-dealkylation sites (N-methyl/N-ethyl adjacent to an activating group) is 1. The van der Waals surface area contributed by atoms with Crippen LogP contribution in [0.4, 0.5) is 0 Å². The molecule has 1 aliphatic rings. The van der Waals surface area contributed by atoms with E-state index in [1.54, 1.807) is 7.11 Å². The van der Waals surface area contributed by atoms with Crippen molar-refractivity contribution in [3.63, 3.8) is 0 Å². The largest absolute Gasteiger partial charge is 0.497 e. The van der Waals surface area contributed by atoms with Crippen LogP contribution in [-0.4, -0.2) is 62.1 Å². The Morgan fingerprint density at radius 2 is 2.05 bits per heavy atom. The van der Waals surface area contributed by atoms with E-state index in [1.807, 2.05) is 29.2 Å². The number of rotatable bonds is 4. The van der Waals surface area contributed by atoms with E-state index in [2.05, 4.69) is 11.9 Å². The van der Waals surface area contributed by atoms with E-state index < -0.39 is 0 Å². The van der Waals surface area contributed by atoms with Crippen LogP contribution in [-0.2, 0) is 11.2 Å². The van der Waals surface area contributed by atoms with Crippen molar-refractivity contribution in [3.8, 4) is 5.75 Å². The lowest BCUT2D eigenvalue weighted by molar-refractivity contribution is -0.134. The first-order chi connectivity index (χ1) is 9.63. The molecule has 1 heterocycles. The lowest BCUT2D eigenvalue weighted by Crippen LogP contribution is -2.57. The highest BCUT2D eigenvalue weighted by Crippen LogP contribution is 2.14. The first-order valence-corrected chi connectivity index (χ1v) is 6.95. The summed E-state index contributed by atoms with van der Waals surface area (Å²) in [5.74, 6) is 0.958. The van der Waals surface area contributed by atoms with Crippen molar-refractivity contribution in [3.05, 3.63) is 29.8 Å². The number of methoxy groups -OCH3 is 1. The van der Waals surface area contributed by atoms with Gasteiger partial charge >= 0.3 is 0 Å². The molecule has 5 nitrogen and oxygen atoms in total. The molecule has 0 saturated carbocycles. The van der Waals surface area contributed by atoms with Gasteiger partial charge in [0.2, 0.25) is 5.91 Å². The zero-order valence-electron chi connectivity index (χ0n) is 12.2. The van der Waals surface area contributed by atoms with Gasteiger partial charge in [0.25, 0.3) is 0 Å². The summed E-state index contributed by atoms with van der Waals surface area (Å²) in [5.41, 5.74) is 6.79. The van der Waals surface area contributed by atoms with Crippen molar-refractivity contribution >= 4 is 5.91 Å². The monoisotopic (exact) mass is 277 g/mol. The fourth-order valence-corrected chi connectivity index (χ4v) is 2.56. The van der Waals surface area contributed by atoms with Crippen LogP contribution in [0.25, 0.3) is 0 Å². The van der Waals surface area contributed by atoms with Gasteiger partial charge < -0.3 is 20.3 Å². The van der Waals surface area contributed by atoms with E-state index >= 15 is 0 Å². The molecule has 5 heteroatoms. The van der Waals surface area contributed by atoms with E-state index in [0.29, 0.717) is 13.0 Å². The molecule has 1 saturated heterocycles. The summed E-state index contributed by atoms with van der Waals surface area (Å²) >= 11 is 0. The molecule has 1 aliphatic heterocycles. The van der Waals surface area contributed by atoms with Crippen molar-refractivity contribution in [2.45, 2.75) is 12.5 Å². The minimum Gasteiger partial charge on any atom is -0.497 e. The van der Waals surface area contributed by atoms with E-state index in [4.69, 9.17) is 10.5 Å². The molecular weight excluding hydrogens is 254 g/mol. The number of carbonyl (C=O) groups is 1. The van der Waals surface area contributed by atoms with Gasteiger partial charge in [0, 0.05) is 26.2 Å². The zero-order chi connectivity index (χ0) is 14.5. The summed E-state index contributed by atoms with van der Waals surface area (Å²) in [7, 11) is 3.70. The number of nitrogens with zero attached hydrogens (tertiary/aromatic N) is 2. The van der Waals surface area contributed by atoms with Crippen molar-refractivity contribution in [1.82, 2.24) is 9.80 Å². The second-order valence-corrected chi connectivity index (χ2v) is 5.26. The number of amides is 1. The third-order valence-corrected chi connectivity index (χ3v) is 3.79. The summed E-state index contributed by atoms with van der Waals surface area (Å²) in [6, 6.07) is 7.76. The zero-order valence-corrected chi connectivity index (χ0v) is 12.2. The Labute approximate surface area is 120 Å². The number of nitrogens with two attached hydrogens (primary N) is 1. The van der Waals surface area contributed by atoms with Crippen molar-refractivity contribution in [2.75, 3.05) is 40.3 Å². The molecule has 0 aromatic heterocycles. The molecule has 2 rings (SSSR count). The Hall–Kier alpha value is -1.59. The van der Waals surface area contributed by atoms with Gasteiger partial charge in [-0.2, -0.15) is 0 Å². The quantitative estimate of drug-likeness (QED) is 0.862. The third-order valence-electron chi connectivity index (χ3n) is 3.79. The van der Waals surface area contributed by atoms with Gasteiger partial charge in [0.1, 0.15) is 5.75 Å². The van der Waals surface area contributed by atoms with Gasteiger partial charge in [-0.25, -0.2) is 0 Å². The van der Waals surface area contributed by atoms with Gasteiger partial charge in [-0.1, -0.05) is 12.1 Å². The number of hydrogen-bond acceptors (Lipinski definition) is 4. The normalized spacial score (nSPS) is 19.9. The molecule has 1 aromatic rings. The van der Waals surface area contributed by atoms with Gasteiger partial charge in [-0.05, 0) is 24.7 Å². The molecule has 1 atom stereocenters. The van der Waals surface area contributed by atoms with Crippen molar-refractivity contribution in [1.29, 1.82) is 0 Å². The van der Waals surface area contributed by atoms with Crippen LogP contribution in [0.2, 0.25) is 0 Å². The Morgan fingerprint density at radius 3 is 2.65 bits per heavy atom. The molecule has 1 aromatic carbocycles. The molecular formula is C15H23N3O2. The minimum absolute atomic E-state index is 0.125. The van der Waals surface area contributed by atoms with Crippen LogP contribution in [0.1, 0.15) is 5.56 Å². The molecule has 0 aliphatic carbocycles. The topological polar surface area (TPSA) is 58.8 Å². The fraction of sp³-hybridized carbons (Fsp3) is 0.533. The molecule has 2 N–H and O–H groups in total. The summed E-state index contributed by atoms with van der Waals surface area (Å²) in [6.45, 7) is 3.03.